The molecule has 16 aliphatic carbocycles. The Kier molecular flexibility index (Phi) is 23.0. The lowest BCUT2D eigenvalue weighted by Gasteiger charge is -2.57. The van der Waals surface area contributed by atoms with Gasteiger partial charge in [0.25, 0.3) is 0 Å². The summed E-state index contributed by atoms with van der Waals surface area (Å²) in [5.74, 6) is 10.9. The van der Waals surface area contributed by atoms with Gasteiger partial charge in [-0.3, -0.25) is 0 Å². The molecule has 0 aliphatic heterocycles. The molecule has 0 amide bonds. The van der Waals surface area contributed by atoms with Crippen molar-refractivity contribution in [2.45, 2.75) is 265 Å². The van der Waals surface area contributed by atoms with Crippen LogP contribution in [0.4, 0.5) is 51.2 Å². The van der Waals surface area contributed by atoms with Gasteiger partial charge in [-0.05, 0) is 456 Å². The molecule has 0 atom stereocenters. The van der Waals surface area contributed by atoms with Crippen LogP contribution in [0, 0.1) is 53.3 Å². The van der Waals surface area contributed by atoms with E-state index < -0.39 is 0 Å². The Hall–Kier alpha value is -11.3. The molecule has 0 heterocycles. The first-order valence-corrected chi connectivity index (χ1v) is 54.0. The average Bonchev–Trinajstić information content (AvgIpc) is 1.18. The van der Waals surface area contributed by atoms with E-state index in [4.69, 9.17) is 0 Å². The van der Waals surface area contributed by atoms with Crippen molar-refractivity contribution in [2.24, 2.45) is 53.3 Å². The number of rotatable bonds is 18. The van der Waals surface area contributed by atoms with Crippen molar-refractivity contribution in [3.8, 4) is 44.5 Å². The molecule has 0 unspecified atom stereocenters. The summed E-state index contributed by atoms with van der Waals surface area (Å²) < 4.78 is 0. The minimum Gasteiger partial charge on any atom is -0.311 e. The van der Waals surface area contributed by atoms with E-state index in [1.807, 2.05) is 0 Å². The average molecular weight is 1780 g/mol. The lowest BCUT2D eigenvalue weighted by molar-refractivity contribution is -0.00530. The Labute approximate surface area is 812 Å². The lowest BCUT2D eigenvalue weighted by Crippen LogP contribution is -2.48. The van der Waals surface area contributed by atoms with Crippen molar-refractivity contribution in [3.05, 3.63) is 378 Å². The summed E-state index contributed by atoms with van der Waals surface area (Å²) in [6, 6.07) is 128. The molecular formula is C133H139N3. The number of anilines is 9. The summed E-state index contributed by atoms with van der Waals surface area (Å²) in [7, 11) is 0. The van der Waals surface area contributed by atoms with Gasteiger partial charge < -0.3 is 14.7 Å². The van der Waals surface area contributed by atoms with Crippen molar-refractivity contribution in [1.82, 2.24) is 0 Å². The summed E-state index contributed by atoms with van der Waals surface area (Å²) in [6.45, 7) is 4.79. The second-order valence-electron chi connectivity index (χ2n) is 46.5. The van der Waals surface area contributed by atoms with Crippen molar-refractivity contribution in [3.63, 3.8) is 0 Å². The van der Waals surface area contributed by atoms with Crippen LogP contribution < -0.4 is 14.7 Å². The largest absolute Gasteiger partial charge is 0.311 e. The summed E-state index contributed by atoms with van der Waals surface area (Å²) in [5.41, 5.74) is 35.1. The van der Waals surface area contributed by atoms with Crippen LogP contribution in [0.3, 0.4) is 0 Å². The quantitative estimate of drug-likeness (QED) is 0.0848. The second kappa shape index (κ2) is 36.3. The fraction of sp³-hybridized carbons (Fsp3) is 0.383. The molecule has 15 fully saturated rings. The zero-order valence-electron chi connectivity index (χ0n) is 80.9. The minimum absolute atomic E-state index is 0.0131. The Morgan fingerprint density at radius 3 is 0.809 bits per heavy atom. The summed E-state index contributed by atoms with van der Waals surface area (Å²) in [4.78, 5) is 7.46. The molecule has 0 N–H and O–H groups in total. The van der Waals surface area contributed by atoms with Gasteiger partial charge >= 0.3 is 0 Å². The molecule has 30 rings (SSSR count). The topological polar surface area (TPSA) is 9.72 Å². The summed E-state index contributed by atoms with van der Waals surface area (Å²) >= 11 is 0. The fourth-order valence-corrected chi connectivity index (χ4v) is 31.9. The van der Waals surface area contributed by atoms with Gasteiger partial charge in [0.2, 0.25) is 0 Å². The SMILES string of the molecule is CC1(C)c2ccccc2-c2ccc(N(c3ccc(C4CCCCC4)cc3)c3ccc(C45CC6CC(CC(C6)C4)C5)cc3)cc21.c1ccc(-c2ccc(-c3ccc(N(c4ccc(C5CCCCC5)cc4)c4ccc(C56CC7CC(CC(C7)C5)C6)cc4)cc3)cc2)cc1.c1ccc2cc(-c3ccc(N(c4ccc(C5CCCCC5)cc4)c4ccc(C56CC7CC(CC(C7)C5)C6)cc4)cc3)ccc2c1. The van der Waals surface area contributed by atoms with Crippen molar-refractivity contribution >= 4 is 62.0 Å². The Bertz CT molecular complexity index is 6430. The first kappa shape index (κ1) is 86.3. The molecule has 0 spiro atoms. The predicted octanol–water partition coefficient (Wildman–Crippen LogP) is 37.5. The van der Waals surface area contributed by atoms with Gasteiger partial charge in [0.05, 0.1) is 0 Å². The zero-order chi connectivity index (χ0) is 90.5. The van der Waals surface area contributed by atoms with Crippen LogP contribution in [0.15, 0.2) is 334 Å². The third kappa shape index (κ3) is 16.7. The van der Waals surface area contributed by atoms with Gasteiger partial charge in [-0.25, -0.2) is 0 Å². The molecule has 12 bridgehead atoms. The summed E-state index contributed by atoms with van der Waals surface area (Å²) in [6.07, 6.45) is 46.7. The van der Waals surface area contributed by atoms with Gasteiger partial charge in [-0.1, -0.05) is 290 Å². The van der Waals surface area contributed by atoms with Gasteiger partial charge in [-0.2, -0.15) is 0 Å². The fourth-order valence-electron chi connectivity index (χ4n) is 31.9. The monoisotopic (exact) mass is 1780 g/mol. The maximum atomic E-state index is 2.52. The molecule has 14 aromatic carbocycles. The number of benzene rings is 14. The normalized spacial score (nSPS) is 26.4. The number of fused-ring (bicyclic) bond motifs is 4. The molecule has 0 saturated heterocycles. The van der Waals surface area contributed by atoms with Crippen molar-refractivity contribution < 1.29 is 0 Å². The highest BCUT2D eigenvalue weighted by molar-refractivity contribution is 5.90. The van der Waals surface area contributed by atoms with E-state index in [1.165, 1.54) is 346 Å². The molecule has 0 radical (unpaired) electrons. The third-order valence-electron chi connectivity index (χ3n) is 37.5. The Balaban J connectivity index is 0.000000109. The zero-order valence-corrected chi connectivity index (χ0v) is 80.9. The van der Waals surface area contributed by atoms with Gasteiger partial charge in [0, 0.05) is 56.6 Å². The number of hydrogen-bond donors (Lipinski definition) is 0. The Morgan fingerprint density at radius 1 is 0.199 bits per heavy atom. The van der Waals surface area contributed by atoms with Crippen molar-refractivity contribution in [1.29, 1.82) is 0 Å². The van der Waals surface area contributed by atoms with Crippen LogP contribution in [0.1, 0.15) is 288 Å². The maximum absolute atomic E-state index is 2.52. The standard InChI is InChI=1S/C46H47N.C44H45N.C43H47N/c1-3-7-36(8-4-1)38-11-13-39(14-12-38)41-17-23-44(24-18-41)47(43-21-15-40(16-22-43)37-9-5-2-6-10-37)45-25-19-42(20-26-45)46-30-33-27-34(31-46)29-35(28-33)32-46;1-2-6-34(7-3-1)36-12-18-41(19-13-36)45(42-20-14-37(15-21-42)39-11-10-35-8-4-5-9-38(35)27-39)43-22-16-40(17-23-43)44-28-31-24-32(29-44)26-33(25-31)30-44;1-42(2)40-11-7-6-10-38(40)39-21-20-37(25-41(39)42)44(35-16-12-33(13-17-35)32-8-4-3-5-9-32)36-18-14-34(15-19-36)43-26-29-22-30(27-43)24-31(23-29)28-43/h1,3-4,7-8,11-26,33-35,37H,2,5-6,9-10,27-32H2;4-5,8-23,27,31-34H,1-3,6-7,24-26,28-30H2;6-7,10-21,25,29-32H,3-5,8-9,22-24,26-28H2,1-2H3. The smallest absolute Gasteiger partial charge is 0.0465 e. The first-order valence-electron chi connectivity index (χ1n) is 54.0. The van der Waals surface area contributed by atoms with E-state index in [2.05, 4.69) is 362 Å². The van der Waals surface area contributed by atoms with E-state index in [1.54, 1.807) is 16.7 Å². The predicted molar refractivity (Wildman–Crippen MR) is 572 cm³/mol. The maximum Gasteiger partial charge on any atom is 0.0465 e. The van der Waals surface area contributed by atoms with E-state index in [0.29, 0.717) is 16.2 Å². The molecule has 3 heteroatoms. The van der Waals surface area contributed by atoms with Crippen LogP contribution in [0.5, 0.6) is 0 Å². The van der Waals surface area contributed by atoms with Crippen LogP contribution >= 0.6 is 0 Å². The number of hydrogen-bond acceptors (Lipinski definition) is 3. The van der Waals surface area contributed by atoms with E-state index in [-0.39, 0.29) is 5.41 Å². The lowest BCUT2D eigenvalue weighted by atomic mass is 9.48. The molecule has 3 nitrogen and oxygen atoms in total. The highest BCUT2D eigenvalue weighted by Gasteiger charge is 2.55. The molecule has 15 saturated carbocycles. The van der Waals surface area contributed by atoms with E-state index in [9.17, 15) is 0 Å². The van der Waals surface area contributed by atoms with Crippen LogP contribution in [-0.4, -0.2) is 0 Å². The molecular weight excluding hydrogens is 1640 g/mol. The van der Waals surface area contributed by atoms with Crippen LogP contribution in [-0.2, 0) is 21.7 Å². The minimum atomic E-state index is -0.0131. The molecule has 686 valence electrons. The number of nitrogens with zero attached hydrogens (tertiary/aromatic N) is 3. The van der Waals surface area contributed by atoms with Gasteiger partial charge in [0.1, 0.15) is 0 Å². The molecule has 14 aromatic rings. The molecule has 136 heavy (non-hydrogen) atoms. The molecule has 16 aliphatic rings. The molecule has 0 aromatic heterocycles. The van der Waals surface area contributed by atoms with Crippen LogP contribution in [0.25, 0.3) is 55.3 Å². The van der Waals surface area contributed by atoms with Gasteiger partial charge in [0.15, 0.2) is 0 Å². The van der Waals surface area contributed by atoms with Crippen LogP contribution in [0.2, 0.25) is 0 Å². The highest BCUT2D eigenvalue weighted by atomic mass is 15.2. The van der Waals surface area contributed by atoms with E-state index in [0.717, 1.165) is 71.0 Å². The summed E-state index contributed by atoms with van der Waals surface area (Å²) in [5, 5.41) is 2.58. The van der Waals surface area contributed by atoms with Crippen molar-refractivity contribution in [2.75, 3.05) is 14.7 Å². The first-order chi connectivity index (χ1) is 66.8. The second-order valence-corrected chi connectivity index (χ2v) is 46.5. The third-order valence-corrected chi connectivity index (χ3v) is 37.5. The van der Waals surface area contributed by atoms with Gasteiger partial charge in [-0.15, -0.1) is 0 Å². The Morgan fingerprint density at radius 2 is 0.456 bits per heavy atom. The van der Waals surface area contributed by atoms with E-state index >= 15 is 0 Å². The highest BCUT2D eigenvalue weighted by Crippen LogP contribution is 2.65.